The summed E-state index contributed by atoms with van der Waals surface area (Å²) >= 11 is 0. The molecule has 0 radical (unpaired) electrons. The Balaban J connectivity index is 2.01. The summed E-state index contributed by atoms with van der Waals surface area (Å²) in [4.78, 5) is 12.0. The van der Waals surface area contributed by atoms with E-state index in [1.165, 1.54) is 0 Å². The number of aryl methyl sites for hydroxylation is 2. The van der Waals surface area contributed by atoms with E-state index in [0.717, 1.165) is 11.1 Å². The summed E-state index contributed by atoms with van der Waals surface area (Å²) in [5.41, 5.74) is 2.75. The smallest absolute Gasteiger partial charge is 0.319 e. The van der Waals surface area contributed by atoms with E-state index >= 15 is 0 Å². The van der Waals surface area contributed by atoms with Crippen molar-refractivity contribution >= 4 is 11.7 Å². The fourth-order valence-corrected chi connectivity index (χ4v) is 2.06. The van der Waals surface area contributed by atoms with Crippen molar-refractivity contribution in [3.8, 4) is 0 Å². The minimum Gasteiger partial charge on any atom is -0.396 e. The third-order valence-corrected chi connectivity index (χ3v) is 3.17. The number of nitrogens with zero attached hydrogens (tertiary/aromatic N) is 2. The van der Waals surface area contributed by atoms with E-state index in [-0.39, 0.29) is 18.7 Å². The summed E-state index contributed by atoms with van der Waals surface area (Å²) in [7, 11) is 1.78. The van der Waals surface area contributed by atoms with Gasteiger partial charge in [-0.2, -0.15) is 5.10 Å². The number of benzene rings is 1. The second-order valence-electron chi connectivity index (χ2n) is 4.98. The van der Waals surface area contributed by atoms with E-state index < -0.39 is 0 Å². The van der Waals surface area contributed by atoms with Crippen molar-refractivity contribution < 1.29 is 9.90 Å². The molecule has 0 unspecified atom stereocenters. The normalized spacial score (nSPS) is 12.0. The Bertz CT molecular complexity index is 592. The Morgan fingerprint density at radius 2 is 2.10 bits per heavy atom. The molecular formula is C15H20N4O2. The number of urea groups is 1. The number of rotatable bonds is 5. The summed E-state index contributed by atoms with van der Waals surface area (Å²) in [5, 5.41) is 18.7. The van der Waals surface area contributed by atoms with Gasteiger partial charge in [0, 0.05) is 19.9 Å². The summed E-state index contributed by atoms with van der Waals surface area (Å²) in [6, 6.07) is 7.34. The van der Waals surface area contributed by atoms with Crippen molar-refractivity contribution in [1.29, 1.82) is 0 Å². The van der Waals surface area contributed by atoms with Crippen LogP contribution in [0.2, 0.25) is 0 Å². The van der Waals surface area contributed by atoms with Crippen molar-refractivity contribution in [3.63, 3.8) is 0 Å². The van der Waals surface area contributed by atoms with Crippen LogP contribution in [-0.4, -0.2) is 27.5 Å². The van der Waals surface area contributed by atoms with Crippen LogP contribution in [0.1, 0.15) is 23.6 Å². The van der Waals surface area contributed by atoms with Crippen LogP contribution in [0.25, 0.3) is 0 Å². The maximum absolute atomic E-state index is 12.0. The van der Waals surface area contributed by atoms with Gasteiger partial charge in [0.25, 0.3) is 0 Å². The van der Waals surface area contributed by atoms with Crippen LogP contribution in [0.3, 0.4) is 0 Å². The van der Waals surface area contributed by atoms with Gasteiger partial charge in [-0.3, -0.25) is 4.68 Å². The van der Waals surface area contributed by atoms with Gasteiger partial charge in [0.15, 0.2) is 0 Å². The Kier molecular flexibility index (Phi) is 4.94. The molecule has 1 heterocycles. The quantitative estimate of drug-likeness (QED) is 0.787. The van der Waals surface area contributed by atoms with Gasteiger partial charge in [0.1, 0.15) is 0 Å². The first-order valence-corrected chi connectivity index (χ1v) is 6.82. The first-order chi connectivity index (χ1) is 10.1. The third-order valence-electron chi connectivity index (χ3n) is 3.17. The van der Waals surface area contributed by atoms with Crippen molar-refractivity contribution in [3.05, 3.63) is 47.8 Å². The Morgan fingerprint density at radius 3 is 2.67 bits per heavy atom. The van der Waals surface area contributed by atoms with E-state index in [1.807, 2.05) is 31.2 Å². The lowest BCUT2D eigenvalue weighted by atomic mass is 10.0. The molecule has 21 heavy (non-hydrogen) atoms. The number of aliphatic hydroxyl groups excluding tert-OH is 1. The number of hydrogen-bond acceptors (Lipinski definition) is 3. The number of anilines is 1. The van der Waals surface area contributed by atoms with Crippen molar-refractivity contribution in [2.75, 3.05) is 11.9 Å². The lowest BCUT2D eigenvalue weighted by Gasteiger charge is -2.18. The summed E-state index contributed by atoms with van der Waals surface area (Å²) in [6.45, 7) is 2.01. The molecule has 0 aliphatic rings. The molecule has 6 nitrogen and oxygen atoms in total. The fraction of sp³-hybridized carbons (Fsp3) is 0.333. The third kappa shape index (κ3) is 4.32. The molecule has 1 aromatic heterocycles. The van der Waals surface area contributed by atoms with Crippen molar-refractivity contribution in [2.24, 2.45) is 7.05 Å². The standard InChI is InChI=1S/C15H20N4O2/c1-11-3-5-12(6-4-11)14(7-8-20)18-15(21)17-13-9-16-19(2)10-13/h3-6,9-10,14,20H,7-8H2,1-2H3,(H2,17,18,21)/t14-/m0/s1. The monoisotopic (exact) mass is 288 g/mol. The zero-order valence-corrected chi connectivity index (χ0v) is 12.2. The Morgan fingerprint density at radius 1 is 1.38 bits per heavy atom. The average Bonchev–Trinajstić information content (AvgIpc) is 2.84. The molecule has 0 spiro atoms. The highest BCUT2D eigenvalue weighted by Gasteiger charge is 2.14. The number of aromatic nitrogens is 2. The van der Waals surface area contributed by atoms with Gasteiger partial charge in [-0.05, 0) is 18.9 Å². The first-order valence-electron chi connectivity index (χ1n) is 6.82. The van der Waals surface area contributed by atoms with Crippen molar-refractivity contribution in [1.82, 2.24) is 15.1 Å². The molecule has 0 aliphatic heterocycles. The SMILES string of the molecule is Cc1ccc([C@H](CCO)NC(=O)Nc2cnn(C)c2)cc1. The molecule has 6 heteroatoms. The molecule has 0 fully saturated rings. The van der Waals surface area contributed by atoms with Gasteiger partial charge in [-0.25, -0.2) is 4.79 Å². The molecule has 0 saturated heterocycles. The molecule has 0 saturated carbocycles. The highest BCUT2D eigenvalue weighted by atomic mass is 16.3. The predicted molar refractivity (Wildman–Crippen MR) is 81.0 cm³/mol. The van der Waals surface area contributed by atoms with Crippen LogP contribution in [0.5, 0.6) is 0 Å². The van der Waals surface area contributed by atoms with Gasteiger partial charge < -0.3 is 15.7 Å². The average molecular weight is 288 g/mol. The lowest BCUT2D eigenvalue weighted by molar-refractivity contribution is 0.239. The number of carbonyl (C=O) groups excluding carboxylic acids is 1. The number of nitrogens with one attached hydrogen (secondary N) is 2. The summed E-state index contributed by atoms with van der Waals surface area (Å²) in [5.74, 6) is 0. The van der Waals surface area contributed by atoms with E-state index in [1.54, 1.807) is 24.1 Å². The number of amides is 2. The molecule has 0 bridgehead atoms. The van der Waals surface area contributed by atoms with E-state index in [4.69, 9.17) is 0 Å². The molecule has 2 rings (SSSR count). The second-order valence-corrected chi connectivity index (χ2v) is 4.98. The Hall–Kier alpha value is -2.34. The number of hydrogen-bond donors (Lipinski definition) is 3. The van der Waals surface area contributed by atoms with Crippen LogP contribution in [0, 0.1) is 6.92 Å². The molecule has 3 N–H and O–H groups in total. The summed E-state index contributed by atoms with van der Waals surface area (Å²) in [6.07, 6.45) is 3.75. The highest BCUT2D eigenvalue weighted by Crippen LogP contribution is 2.17. The van der Waals surface area contributed by atoms with Crippen molar-refractivity contribution in [2.45, 2.75) is 19.4 Å². The maximum Gasteiger partial charge on any atom is 0.319 e. The van der Waals surface area contributed by atoms with E-state index in [2.05, 4.69) is 15.7 Å². The molecule has 112 valence electrons. The molecule has 0 aliphatic carbocycles. The number of carbonyl (C=O) groups is 1. The molecule has 2 aromatic rings. The van der Waals surface area contributed by atoms with E-state index in [0.29, 0.717) is 12.1 Å². The predicted octanol–water partition coefficient (Wildman–Crippen LogP) is 1.97. The summed E-state index contributed by atoms with van der Waals surface area (Å²) < 4.78 is 1.61. The zero-order valence-electron chi connectivity index (χ0n) is 12.2. The minimum atomic E-state index is -0.318. The first kappa shape index (κ1) is 15.1. The van der Waals surface area contributed by atoms with Crippen LogP contribution in [-0.2, 0) is 7.05 Å². The number of aliphatic hydroxyl groups is 1. The molecule has 2 amide bonds. The lowest BCUT2D eigenvalue weighted by Crippen LogP contribution is -2.33. The largest absolute Gasteiger partial charge is 0.396 e. The molecule has 1 aromatic carbocycles. The van der Waals surface area contributed by atoms with Crippen LogP contribution >= 0.6 is 0 Å². The van der Waals surface area contributed by atoms with Crippen LogP contribution in [0.4, 0.5) is 10.5 Å². The van der Waals surface area contributed by atoms with E-state index in [9.17, 15) is 9.90 Å². The van der Waals surface area contributed by atoms with Crippen LogP contribution < -0.4 is 10.6 Å². The topological polar surface area (TPSA) is 79.2 Å². The van der Waals surface area contributed by atoms with Crippen LogP contribution in [0.15, 0.2) is 36.7 Å². The van der Waals surface area contributed by atoms with Gasteiger partial charge in [-0.15, -0.1) is 0 Å². The van der Waals surface area contributed by atoms with Gasteiger partial charge in [-0.1, -0.05) is 29.8 Å². The van der Waals surface area contributed by atoms with Gasteiger partial charge in [0.05, 0.1) is 17.9 Å². The molecular weight excluding hydrogens is 268 g/mol. The minimum absolute atomic E-state index is 0.00567. The highest BCUT2D eigenvalue weighted by molar-refractivity contribution is 5.89. The van der Waals surface area contributed by atoms with Gasteiger partial charge in [0.2, 0.25) is 0 Å². The second kappa shape index (κ2) is 6.90. The Labute approximate surface area is 123 Å². The maximum atomic E-state index is 12.0. The zero-order chi connectivity index (χ0) is 15.2. The molecule has 1 atom stereocenters. The van der Waals surface area contributed by atoms with Gasteiger partial charge >= 0.3 is 6.03 Å². The fourth-order valence-electron chi connectivity index (χ4n) is 2.06.